The van der Waals surface area contributed by atoms with Crippen LogP contribution in [0.3, 0.4) is 0 Å². The summed E-state index contributed by atoms with van der Waals surface area (Å²) in [6.45, 7) is 2.03. The summed E-state index contributed by atoms with van der Waals surface area (Å²) in [6.07, 6.45) is 2.05. The van der Waals surface area contributed by atoms with Crippen molar-refractivity contribution in [3.63, 3.8) is 0 Å². The van der Waals surface area contributed by atoms with Crippen molar-refractivity contribution in [2.45, 2.75) is 17.9 Å². The zero-order valence-corrected chi connectivity index (χ0v) is 8.97. The molecule has 1 heterocycles. The molecular weight excluding hydrogens is 192 g/mol. The number of H-pyrrole nitrogens is 1. The van der Waals surface area contributed by atoms with E-state index in [2.05, 4.69) is 29.4 Å². The number of nitrogens with two attached hydrogens (primary N) is 1. The van der Waals surface area contributed by atoms with Crippen LogP contribution >= 0.6 is 11.8 Å². The summed E-state index contributed by atoms with van der Waals surface area (Å²) in [4.78, 5) is 4.54. The monoisotopic (exact) mass is 206 g/mol. The van der Waals surface area contributed by atoms with Gasteiger partial charge in [-0.25, -0.2) is 0 Å². The maximum Gasteiger partial charge on any atom is 0.0465 e. The SMILES string of the molecule is CC(N)CSc1c[nH]c2ccccc12. The number of hydrogen-bond donors (Lipinski definition) is 2. The Morgan fingerprint density at radius 1 is 1.43 bits per heavy atom. The molecule has 2 rings (SSSR count). The quantitative estimate of drug-likeness (QED) is 0.758. The van der Waals surface area contributed by atoms with Crippen LogP contribution in [0.4, 0.5) is 0 Å². The highest BCUT2D eigenvalue weighted by atomic mass is 32.2. The minimum Gasteiger partial charge on any atom is -0.360 e. The predicted octanol–water partition coefficient (Wildman–Crippen LogP) is 2.61. The van der Waals surface area contributed by atoms with Gasteiger partial charge in [-0.3, -0.25) is 0 Å². The molecule has 3 heteroatoms. The van der Waals surface area contributed by atoms with Crippen LogP contribution in [0.5, 0.6) is 0 Å². The number of thioether (sulfide) groups is 1. The van der Waals surface area contributed by atoms with Gasteiger partial charge >= 0.3 is 0 Å². The molecule has 74 valence electrons. The van der Waals surface area contributed by atoms with Crippen LogP contribution in [-0.4, -0.2) is 16.8 Å². The third kappa shape index (κ3) is 1.94. The van der Waals surface area contributed by atoms with Gasteiger partial charge in [-0.2, -0.15) is 0 Å². The van der Waals surface area contributed by atoms with Gasteiger partial charge in [0.05, 0.1) is 0 Å². The van der Waals surface area contributed by atoms with Crippen molar-refractivity contribution in [2.75, 3.05) is 5.75 Å². The minimum absolute atomic E-state index is 0.244. The summed E-state index contributed by atoms with van der Waals surface area (Å²) in [5.41, 5.74) is 6.92. The van der Waals surface area contributed by atoms with Crippen LogP contribution in [0, 0.1) is 0 Å². The molecule has 1 aromatic carbocycles. The molecule has 3 N–H and O–H groups in total. The van der Waals surface area contributed by atoms with Crippen molar-refractivity contribution >= 4 is 22.7 Å². The summed E-state index contributed by atoms with van der Waals surface area (Å²) in [6, 6.07) is 8.57. The van der Waals surface area contributed by atoms with Crippen molar-refractivity contribution in [2.24, 2.45) is 5.73 Å². The number of para-hydroxylation sites is 1. The first-order valence-electron chi connectivity index (χ1n) is 4.72. The standard InChI is InChI=1S/C11H14N2S/c1-8(12)7-14-11-6-13-10-5-3-2-4-9(10)11/h2-6,8,13H,7,12H2,1H3. The topological polar surface area (TPSA) is 41.8 Å². The molecule has 2 aromatic rings. The third-order valence-electron chi connectivity index (χ3n) is 2.05. The minimum atomic E-state index is 0.244. The van der Waals surface area contributed by atoms with E-state index in [0.29, 0.717) is 0 Å². The second-order valence-electron chi connectivity index (χ2n) is 3.49. The highest BCUT2D eigenvalue weighted by Gasteiger charge is 2.03. The van der Waals surface area contributed by atoms with E-state index in [9.17, 15) is 0 Å². The fourth-order valence-corrected chi connectivity index (χ4v) is 2.30. The molecule has 0 aliphatic heterocycles. The third-order valence-corrected chi connectivity index (χ3v) is 3.39. The molecule has 0 aliphatic rings. The molecule has 0 amide bonds. The lowest BCUT2D eigenvalue weighted by Crippen LogP contribution is -2.17. The van der Waals surface area contributed by atoms with Crippen molar-refractivity contribution in [1.82, 2.24) is 4.98 Å². The van der Waals surface area contributed by atoms with Gasteiger partial charge in [-0.15, -0.1) is 11.8 Å². The summed E-state index contributed by atoms with van der Waals surface area (Å²) in [5, 5.41) is 1.29. The lowest BCUT2D eigenvalue weighted by Gasteiger charge is -2.02. The first-order chi connectivity index (χ1) is 6.77. The molecule has 14 heavy (non-hydrogen) atoms. The van der Waals surface area contributed by atoms with Crippen LogP contribution in [0.15, 0.2) is 35.4 Å². The number of nitrogens with one attached hydrogen (secondary N) is 1. The van der Waals surface area contributed by atoms with E-state index in [1.54, 1.807) is 0 Å². The van der Waals surface area contributed by atoms with Crippen molar-refractivity contribution in [1.29, 1.82) is 0 Å². The normalized spacial score (nSPS) is 13.3. The molecule has 0 bridgehead atoms. The number of hydrogen-bond acceptors (Lipinski definition) is 2. The Kier molecular flexibility index (Phi) is 2.79. The number of fused-ring (bicyclic) bond motifs is 1. The molecule has 0 saturated carbocycles. The molecular formula is C11H14N2S. The first kappa shape index (κ1) is 9.62. The Labute approximate surface area is 87.9 Å². The van der Waals surface area contributed by atoms with Gasteiger partial charge in [-0.05, 0) is 13.0 Å². The van der Waals surface area contributed by atoms with Crippen LogP contribution in [0.1, 0.15) is 6.92 Å². The molecule has 0 fully saturated rings. The molecule has 1 atom stereocenters. The Morgan fingerprint density at radius 2 is 2.21 bits per heavy atom. The van der Waals surface area contributed by atoms with Crippen LogP contribution in [-0.2, 0) is 0 Å². The summed E-state index contributed by atoms with van der Waals surface area (Å²) >= 11 is 1.81. The smallest absolute Gasteiger partial charge is 0.0465 e. The van der Waals surface area contributed by atoms with Crippen molar-refractivity contribution in [3.05, 3.63) is 30.5 Å². The van der Waals surface area contributed by atoms with E-state index in [1.807, 2.05) is 24.8 Å². The van der Waals surface area contributed by atoms with Gasteiger partial charge in [0.15, 0.2) is 0 Å². The van der Waals surface area contributed by atoms with Crippen LogP contribution < -0.4 is 5.73 Å². The molecule has 0 spiro atoms. The first-order valence-corrected chi connectivity index (χ1v) is 5.70. The lowest BCUT2D eigenvalue weighted by atomic mass is 10.2. The van der Waals surface area contributed by atoms with Gasteiger partial charge < -0.3 is 10.7 Å². The second-order valence-corrected chi connectivity index (χ2v) is 4.55. The van der Waals surface area contributed by atoms with Gasteiger partial charge in [0.25, 0.3) is 0 Å². The average Bonchev–Trinajstić information content (AvgIpc) is 2.58. The highest BCUT2D eigenvalue weighted by Crippen LogP contribution is 2.27. The maximum absolute atomic E-state index is 5.72. The fourth-order valence-electron chi connectivity index (χ4n) is 1.39. The van der Waals surface area contributed by atoms with Gasteiger partial charge in [0, 0.05) is 33.8 Å². The molecule has 1 aromatic heterocycles. The Bertz CT molecular complexity index is 420. The van der Waals surface area contributed by atoms with E-state index >= 15 is 0 Å². The van der Waals surface area contributed by atoms with E-state index < -0.39 is 0 Å². The molecule has 0 saturated heterocycles. The summed E-state index contributed by atoms with van der Waals surface area (Å²) in [7, 11) is 0. The molecule has 1 unspecified atom stereocenters. The van der Waals surface area contributed by atoms with Gasteiger partial charge in [0.2, 0.25) is 0 Å². The maximum atomic E-state index is 5.72. The Morgan fingerprint density at radius 3 is 3.00 bits per heavy atom. The van der Waals surface area contributed by atoms with Gasteiger partial charge in [0.1, 0.15) is 0 Å². The van der Waals surface area contributed by atoms with Crippen molar-refractivity contribution < 1.29 is 0 Å². The molecule has 0 aliphatic carbocycles. The molecule has 0 radical (unpaired) electrons. The number of aromatic amines is 1. The van der Waals surface area contributed by atoms with Crippen LogP contribution in [0.2, 0.25) is 0 Å². The van der Waals surface area contributed by atoms with E-state index in [4.69, 9.17) is 5.73 Å². The summed E-state index contributed by atoms with van der Waals surface area (Å²) < 4.78 is 0. The van der Waals surface area contributed by atoms with E-state index in [1.165, 1.54) is 15.8 Å². The lowest BCUT2D eigenvalue weighted by molar-refractivity contribution is 0.847. The zero-order valence-electron chi connectivity index (χ0n) is 8.16. The molecule has 2 nitrogen and oxygen atoms in total. The van der Waals surface area contributed by atoms with Crippen molar-refractivity contribution in [3.8, 4) is 0 Å². The summed E-state index contributed by atoms with van der Waals surface area (Å²) in [5.74, 6) is 0.960. The number of rotatable bonds is 3. The Balaban J connectivity index is 2.25. The van der Waals surface area contributed by atoms with E-state index in [-0.39, 0.29) is 6.04 Å². The van der Waals surface area contributed by atoms with Gasteiger partial charge in [-0.1, -0.05) is 18.2 Å². The predicted molar refractivity (Wildman–Crippen MR) is 62.7 cm³/mol. The highest BCUT2D eigenvalue weighted by molar-refractivity contribution is 7.99. The fraction of sp³-hybridized carbons (Fsp3) is 0.273. The number of aromatic nitrogens is 1. The van der Waals surface area contributed by atoms with Crippen LogP contribution in [0.25, 0.3) is 10.9 Å². The Hall–Kier alpha value is -0.930. The zero-order chi connectivity index (χ0) is 9.97. The average molecular weight is 206 g/mol. The number of benzene rings is 1. The second kappa shape index (κ2) is 4.07. The van der Waals surface area contributed by atoms with E-state index in [0.717, 1.165) is 5.75 Å². The largest absolute Gasteiger partial charge is 0.360 e.